The summed E-state index contributed by atoms with van der Waals surface area (Å²) < 4.78 is 5.22. The first-order valence-electron chi connectivity index (χ1n) is 6.87. The van der Waals surface area contributed by atoms with Gasteiger partial charge < -0.3 is 9.64 Å². The molecule has 0 aromatic heterocycles. The van der Waals surface area contributed by atoms with E-state index in [2.05, 4.69) is 45.0 Å². The van der Waals surface area contributed by atoms with Crippen LogP contribution in [0.4, 0.5) is 5.69 Å². The lowest BCUT2D eigenvalue weighted by Gasteiger charge is -2.27. The third kappa shape index (κ3) is 2.03. The molecule has 20 heavy (non-hydrogen) atoms. The smallest absolute Gasteiger partial charge is 0.120 e. The van der Waals surface area contributed by atoms with Gasteiger partial charge in [-0.2, -0.15) is 0 Å². The van der Waals surface area contributed by atoms with Gasteiger partial charge in [0.15, 0.2) is 0 Å². The molecule has 0 radical (unpaired) electrons. The topological polar surface area (TPSA) is 12.5 Å². The molecular formula is C17H22ClNO. The van der Waals surface area contributed by atoms with Crippen molar-refractivity contribution < 1.29 is 4.74 Å². The van der Waals surface area contributed by atoms with Crippen LogP contribution in [0.2, 0.25) is 5.02 Å². The molecule has 2 rings (SSSR count). The molecule has 2 nitrogen and oxygen atoms in total. The monoisotopic (exact) mass is 291 g/mol. The lowest BCUT2D eigenvalue weighted by molar-refractivity contribution is 0.371. The molecule has 108 valence electrons. The molecule has 0 bridgehead atoms. The maximum absolute atomic E-state index is 6.42. The fourth-order valence-corrected chi connectivity index (χ4v) is 3.32. The van der Waals surface area contributed by atoms with Crippen molar-refractivity contribution in [2.45, 2.75) is 32.1 Å². The van der Waals surface area contributed by atoms with Crippen molar-refractivity contribution in [2.24, 2.45) is 0 Å². The van der Waals surface area contributed by atoms with Crippen molar-refractivity contribution in [1.82, 2.24) is 0 Å². The predicted octanol–water partition coefficient (Wildman–Crippen LogP) is 4.98. The lowest BCUT2D eigenvalue weighted by atomic mass is 9.78. The summed E-state index contributed by atoms with van der Waals surface area (Å²) in [7, 11) is 3.66. The SMILES string of the molecule is C=C(OC)c1cc2c(cc1Cl)C(C)(CCC)C(=C)N2C. The minimum Gasteiger partial charge on any atom is -0.497 e. The number of methoxy groups -OCH3 is 1. The Bertz CT molecular complexity index is 579. The average Bonchev–Trinajstić information content (AvgIpc) is 2.60. The first-order valence-corrected chi connectivity index (χ1v) is 7.25. The van der Waals surface area contributed by atoms with E-state index in [9.17, 15) is 0 Å². The van der Waals surface area contributed by atoms with Crippen LogP contribution >= 0.6 is 11.6 Å². The molecule has 1 aliphatic heterocycles. The van der Waals surface area contributed by atoms with Crippen LogP contribution in [-0.2, 0) is 10.2 Å². The third-order valence-corrected chi connectivity index (χ3v) is 4.69. The number of fused-ring (bicyclic) bond motifs is 1. The predicted molar refractivity (Wildman–Crippen MR) is 87.3 cm³/mol. The van der Waals surface area contributed by atoms with E-state index in [-0.39, 0.29) is 5.41 Å². The number of nitrogens with zero attached hydrogens (tertiary/aromatic N) is 1. The summed E-state index contributed by atoms with van der Waals surface area (Å²) >= 11 is 6.42. The van der Waals surface area contributed by atoms with Gasteiger partial charge in [-0.15, -0.1) is 0 Å². The van der Waals surface area contributed by atoms with Gasteiger partial charge in [0.05, 0.1) is 12.1 Å². The molecule has 0 saturated heterocycles. The van der Waals surface area contributed by atoms with Gasteiger partial charge in [0.2, 0.25) is 0 Å². The normalized spacial score (nSPS) is 21.1. The van der Waals surface area contributed by atoms with E-state index >= 15 is 0 Å². The van der Waals surface area contributed by atoms with Crippen LogP contribution in [0.15, 0.2) is 31.0 Å². The molecule has 0 spiro atoms. The Morgan fingerprint density at radius 1 is 1.45 bits per heavy atom. The van der Waals surface area contributed by atoms with Gasteiger partial charge >= 0.3 is 0 Å². The Morgan fingerprint density at radius 3 is 2.65 bits per heavy atom. The molecule has 1 heterocycles. The number of hydrogen-bond donors (Lipinski definition) is 0. The van der Waals surface area contributed by atoms with E-state index in [1.807, 2.05) is 6.07 Å². The van der Waals surface area contributed by atoms with Crippen molar-refractivity contribution in [3.63, 3.8) is 0 Å². The summed E-state index contributed by atoms with van der Waals surface area (Å²) in [5, 5.41) is 0.682. The molecule has 0 saturated carbocycles. The fraction of sp³-hybridized carbons (Fsp3) is 0.412. The van der Waals surface area contributed by atoms with E-state index in [0.29, 0.717) is 10.8 Å². The van der Waals surface area contributed by atoms with Gasteiger partial charge in [0, 0.05) is 29.4 Å². The third-order valence-electron chi connectivity index (χ3n) is 4.38. The van der Waals surface area contributed by atoms with Gasteiger partial charge in [-0.3, -0.25) is 0 Å². The molecule has 0 N–H and O–H groups in total. The molecule has 0 fully saturated rings. The Balaban J connectivity index is 2.63. The Kier molecular flexibility index (Phi) is 3.88. The van der Waals surface area contributed by atoms with Crippen LogP contribution < -0.4 is 4.90 Å². The number of ether oxygens (including phenoxy) is 1. The van der Waals surface area contributed by atoms with Crippen molar-refractivity contribution in [3.05, 3.63) is 47.1 Å². The molecule has 0 amide bonds. The number of benzene rings is 1. The van der Waals surface area contributed by atoms with Crippen molar-refractivity contribution in [3.8, 4) is 0 Å². The molecule has 1 aromatic carbocycles. The summed E-state index contributed by atoms with van der Waals surface area (Å²) in [5.74, 6) is 0.584. The zero-order valence-corrected chi connectivity index (χ0v) is 13.5. The highest BCUT2D eigenvalue weighted by molar-refractivity contribution is 6.32. The molecule has 1 unspecified atom stereocenters. The van der Waals surface area contributed by atoms with Crippen LogP contribution in [0.5, 0.6) is 0 Å². The molecule has 0 aliphatic carbocycles. The van der Waals surface area contributed by atoms with Crippen LogP contribution in [0.3, 0.4) is 0 Å². The highest BCUT2D eigenvalue weighted by Gasteiger charge is 2.41. The zero-order chi connectivity index (χ0) is 15.1. The minimum absolute atomic E-state index is 0.0462. The van der Waals surface area contributed by atoms with E-state index < -0.39 is 0 Å². The van der Waals surface area contributed by atoms with E-state index in [1.165, 1.54) is 5.56 Å². The fourth-order valence-electron chi connectivity index (χ4n) is 3.05. The van der Waals surface area contributed by atoms with Gasteiger partial charge in [0.1, 0.15) is 5.76 Å². The highest BCUT2D eigenvalue weighted by Crippen LogP contribution is 2.50. The van der Waals surface area contributed by atoms with Gasteiger partial charge in [-0.05, 0) is 31.0 Å². The van der Waals surface area contributed by atoms with Crippen molar-refractivity contribution >= 4 is 23.0 Å². The minimum atomic E-state index is -0.0462. The molecular weight excluding hydrogens is 270 g/mol. The second-order valence-electron chi connectivity index (χ2n) is 5.56. The number of halogens is 1. The number of rotatable bonds is 4. The molecule has 1 aromatic rings. The van der Waals surface area contributed by atoms with Gasteiger partial charge in [-0.25, -0.2) is 0 Å². The van der Waals surface area contributed by atoms with Crippen LogP contribution in [0.1, 0.15) is 37.8 Å². The largest absolute Gasteiger partial charge is 0.497 e. The Labute approximate surface area is 126 Å². The average molecular weight is 292 g/mol. The van der Waals surface area contributed by atoms with Crippen LogP contribution in [-0.4, -0.2) is 14.2 Å². The number of hydrogen-bond acceptors (Lipinski definition) is 2. The maximum Gasteiger partial charge on any atom is 0.120 e. The van der Waals surface area contributed by atoms with Crippen LogP contribution in [0.25, 0.3) is 5.76 Å². The van der Waals surface area contributed by atoms with Gasteiger partial charge in [0.25, 0.3) is 0 Å². The summed E-state index contributed by atoms with van der Waals surface area (Å²) in [6, 6.07) is 4.09. The second kappa shape index (κ2) is 5.17. The lowest BCUT2D eigenvalue weighted by Crippen LogP contribution is -2.25. The summed E-state index contributed by atoms with van der Waals surface area (Å²) in [6.07, 6.45) is 2.16. The number of allylic oxidation sites excluding steroid dienone is 1. The standard InChI is InChI=1S/C17H22ClNO/c1-7-8-17(4)12(3)19(5)16-9-13(11(2)20-6)15(18)10-14(16)17/h9-10H,2-3,7-8H2,1,4-6H3. The number of anilines is 1. The summed E-state index contributed by atoms with van der Waals surface area (Å²) in [5.41, 5.74) is 4.29. The molecule has 3 heteroatoms. The Hall–Kier alpha value is -1.41. The van der Waals surface area contributed by atoms with Crippen molar-refractivity contribution in [1.29, 1.82) is 0 Å². The highest BCUT2D eigenvalue weighted by atomic mass is 35.5. The molecule has 1 aliphatic rings. The second-order valence-corrected chi connectivity index (χ2v) is 5.97. The first-order chi connectivity index (χ1) is 9.36. The summed E-state index contributed by atoms with van der Waals surface area (Å²) in [6.45, 7) is 12.6. The van der Waals surface area contributed by atoms with E-state index in [0.717, 1.165) is 29.8 Å². The quantitative estimate of drug-likeness (QED) is 0.726. The van der Waals surface area contributed by atoms with Crippen LogP contribution in [0, 0.1) is 0 Å². The van der Waals surface area contributed by atoms with Crippen molar-refractivity contribution in [2.75, 3.05) is 19.1 Å². The summed E-state index contributed by atoms with van der Waals surface area (Å²) in [4.78, 5) is 2.15. The first kappa shape index (κ1) is 15.0. The molecule has 1 atom stereocenters. The zero-order valence-electron chi connectivity index (χ0n) is 12.7. The Morgan fingerprint density at radius 2 is 2.10 bits per heavy atom. The number of likely N-dealkylation sites (N-methyl/N-ethyl adjacent to an activating group) is 1. The van der Waals surface area contributed by atoms with Gasteiger partial charge in [-0.1, -0.05) is 38.1 Å². The maximum atomic E-state index is 6.42. The van der Waals surface area contributed by atoms with E-state index in [1.54, 1.807) is 7.11 Å². The van der Waals surface area contributed by atoms with E-state index in [4.69, 9.17) is 16.3 Å².